The van der Waals surface area contributed by atoms with Gasteiger partial charge in [0.25, 0.3) is 5.56 Å². The van der Waals surface area contributed by atoms with E-state index in [4.69, 9.17) is 38.1 Å². The van der Waals surface area contributed by atoms with E-state index in [1.807, 2.05) is 52.3 Å². The van der Waals surface area contributed by atoms with Crippen molar-refractivity contribution in [1.29, 1.82) is 0 Å². The van der Waals surface area contributed by atoms with Gasteiger partial charge in [0.2, 0.25) is 23.3 Å². The second-order valence-corrected chi connectivity index (χ2v) is 22.1. The number of quaternary nitrogens is 1. The number of para-hydroxylation sites is 1. The van der Waals surface area contributed by atoms with Crippen LogP contribution in [0, 0.1) is 5.92 Å². The third kappa shape index (κ3) is 15.4. The lowest BCUT2D eigenvalue weighted by atomic mass is 9.85. The van der Waals surface area contributed by atoms with E-state index in [0.29, 0.717) is 35.1 Å². The highest BCUT2D eigenvalue weighted by atomic mass is 16.6. The summed E-state index contributed by atoms with van der Waals surface area (Å²) >= 11 is 0. The van der Waals surface area contributed by atoms with Gasteiger partial charge >= 0.3 is 24.0 Å². The van der Waals surface area contributed by atoms with Crippen LogP contribution in [-0.2, 0) is 87.1 Å². The van der Waals surface area contributed by atoms with Gasteiger partial charge < -0.3 is 63.1 Å². The molecule has 0 saturated carbocycles. The van der Waals surface area contributed by atoms with Gasteiger partial charge in [-0.05, 0) is 70.1 Å². The van der Waals surface area contributed by atoms with Crippen molar-refractivity contribution < 1.29 is 71.2 Å². The highest BCUT2D eigenvalue weighted by Gasteiger charge is 2.52. The highest BCUT2D eigenvalue weighted by Crippen LogP contribution is 2.42. The Morgan fingerprint density at radius 1 is 0.910 bits per heavy atom. The Bertz CT molecular complexity index is 2730. The maximum atomic E-state index is 14.5. The first-order chi connectivity index (χ1) is 37.0. The van der Waals surface area contributed by atoms with Crippen LogP contribution in [0.5, 0.6) is 0 Å². The average Bonchev–Trinajstić information content (AvgIpc) is 4.19. The number of pyridine rings is 2. The molecular weight excluding hydrogens is 1010 g/mol. The number of carbonyl (C=O) groups excluding carboxylic acids is 7. The molecule has 0 radical (unpaired) electrons. The minimum Gasteiger partial charge on any atom is -0.465 e. The summed E-state index contributed by atoms with van der Waals surface area (Å²) in [6.07, 6.45) is 0.573. The molecule has 1 saturated heterocycles. The number of ether oxygens (including phenoxy) is 7. The van der Waals surface area contributed by atoms with Crippen molar-refractivity contribution in [2.75, 3.05) is 87.0 Å². The molecule has 3 aliphatic heterocycles. The van der Waals surface area contributed by atoms with Gasteiger partial charge in [0.05, 0.1) is 109 Å². The van der Waals surface area contributed by atoms with Crippen LogP contribution in [0.1, 0.15) is 109 Å². The maximum absolute atomic E-state index is 14.5. The molecule has 1 fully saturated rings. The van der Waals surface area contributed by atoms with Crippen molar-refractivity contribution in [3.05, 3.63) is 62.9 Å². The number of likely N-dealkylation sites (tertiary alicyclic amines) is 1. The Hall–Kier alpha value is -6.49. The summed E-state index contributed by atoms with van der Waals surface area (Å²) in [5.41, 5.74) is 1.12. The molecule has 3 aromatic rings. The van der Waals surface area contributed by atoms with E-state index in [1.54, 1.807) is 52.2 Å². The van der Waals surface area contributed by atoms with E-state index in [0.717, 1.165) is 28.6 Å². The molecule has 22 nitrogen and oxygen atoms in total. The Labute approximate surface area is 456 Å². The normalized spacial score (nSPS) is 17.6. The predicted octanol–water partition coefficient (Wildman–Crippen LogP) is 3.80. The van der Waals surface area contributed by atoms with E-state index in [1.165, 1.54) is 4.90 Å². The number of fused-ring (bicyclic) bond motifs is 5. The first-order valence-electron chi connectivity index (χ1n) is 27.1. The third-order valence-electron chi connectivity index (χ3n) is 13.7. The number of alkyl carbamates (subject to hydrolysis) is 1. The Balaban J connectivity index is 1.09. The van der Waals surface area contributed by atoms with Crippen molar-refractivity contribution in [2.24, 2.45) is 5.92 Å². The van der Waals surface area contributed by atoms with Gasteiger partial charge in [-0.3, -0.25) is 24.0 Å². The number of cyclic esters (lactones) is 1. The van der Waals surface area contributed by atoms with Crippen LogP contribution in [0.25, 0.3) is 22.3 Å². The quantitative estimate of drug-likeness (QED) is 0.0332. The van der Waals surface area contributed by atoms with Crippen LogP contribution in [0.2, 0.25) is 0 Å². The smallest absolute Gasteiger partial charge is 0.407 e. The first-order valence-corrected chi connectivity index (χ1v) is 27.1. The fourth-order valence-corrected chi connectivity index (χ4v) is 9.82. The minimum atomic E-state index is -2.05. The van der Waals surface area contributed by atoms with E-state index >= 15 is 0 Å². The van der Waals surface area contributed by atoms with E-state index < -0.39 is 88.9 Å². The molecule has 3 aliphatic rings. The molecule has 6 rings (SSSR count). The molecule has 1 aromatic carbocycles. The molecule has 3 N–H and O–H groups in total. The molecule has 5 heterocycles. The standard InChI is InChI=1S/C56H79N7O15/c1-11-36-37-17-13-14-18-41(37)59-48-38(36)33-62-44(48)31-40-39(50(62)67)34-76-53(70)56(40,12-2)77-52(69)47(35(3)4)60-49(66)43-19-15-22-61(43)51(68)42(32-46(65)75-24-16-23-63(8,9)10)58-45(64)20-25-72-27-29-74-30-28-73-26-21-57-54(71)78-55(5,6)7/h13-14,17-18,31,35,42-43,47H,11-12,15-16,19-30,32-34H2,1-10H3,(H2-,57,58,60,64,66,71)/p+1/t42-,43-,47-,56-/m0/s1. The number of hydrogen-bond acceptors (Lipinski definition) is 16. The Morgan fingerprint density at radius 2 is 1.60 bits per heavy atom. The van der Waals surface area contributed by atoms with Gasteiger partial charge in [-0.25, -0.2) is 19.4 Å². The lowest BCUT2D eigenvalue weighted by molar-refractivity contribution is -0.870. The van der Waals surface area contributed by atoms with E-state index in [9.17, 15) is 38.4 Å². The van der Waals surface area contributed by atoms with E-state index in [2.05, 4.69) is 16.0 Å². The summed E-state index contributed by atoms with van der Waals surface area (Å²) in [7, 11) is 6.02. The van der Waals surface area contributed by atoms with Crippen molar-refractivity contribution in [2.45, 2.75) is 136 Å². The predicted molar refractivity (Wildman–Crippen MR) is 286 cm³/mol. The summed E-state index contributed by atoms with van der Waals surface area (Å²) in [6.45, 7) is 14.7. The Morgan fingerprint density at radius 3 is 2.27 bits per heavy atom. The Kier molecular flexibility index (Phi) is 21.0. The number of hydrogen-bond donors (Lipinski definition) is 3. The molecule has 0 aliphatic carbocycles. The van der Waals surface area contributed by atoms with Crippen LogP contribution in [0.15, 0.2) is 35.1 Å². The van der Waals surface area contributed by atoms with Crippen molar-refractivity contribution in [3.63, 3.8) is 0 Å². The van der Waals surface area contributed by atoms with Gasteiger partial charge in [0.1, 0.15) is 30.3 Å². The number of benzene rings is 1. The summed E-state index contributed by atoms with van der Waals surface area (Å²) in [5.74, 6) is -5.07. The summed E-state index contributed by atoms with van der Waals surface area (Å²) in [5, 5.41) is 9.03. The van der Waals surface area contributed by atoms with Gasteiger partial charge in [-0.15, -0.1) is 0 Å². The maximum Gasteiger partial charge on any atom is 0.407 e. The van der Waals surface area contributed by atoms with Gasteiger partial charge in [0, 0.05) is 42.4 Å². The SMILES string of the molecule is CCc1c2c(nc3ccccc13)-c1cc3c(c(=O)n1C2)COC(=O)[C@@]3(CC)OC(=O)[C@@H](NC(=O)[C@@H]1CCCN1C(=O)[C@H](CC(=O)OCCC[N+](C)(C)C)NC(=O)CCOCCOCCOCCNC(=O)OC(C)(C)C)C(C)C. The monoisotopic (exact) mass is 1090 g/mol. The molecular formula is C56H80N7O15+. The molecule has 428 valence electrons. The van der Waals surface area contributed by atoms with Gasteiger partial charge in [-0.2, -0.15) is 0 Å². The lowest BCUT2D eigenvalue weighted by Gasteiger charge is -2.37. The molecule has 0 bridgehead atoms. The number of aryl methyl sites for hydroxylation is 1. The average molecular weight is 1090 g/mol. The van der Waals surface area contributed by atoms with Crippen molar-refractivity contribution in [1.82, 2.24) is 30.4 Å². The second-order valence-electron chi connectivity index (χ2n) is 22.1. The van der Waals surface area contributed by atoms with Crippen LogP contribution < -0.4 is 21.5 Å². The zero-order valence-corrected chi connectivity index (χ0v) is 47.0. The topological polar surface area (TPSA) is 258 Å². The lowest BCUT2D eigenvalue weighted by Crippen LogP contribution is -2.57. The molecule has 0 unspecified atom stereocenters. The summed E-state index contributed by atoms with van der Waals surface area (Å²) in [4.78, 5) is 116. The van der Waals surface area contributed by atoms with Crippen LogP contribution in [-0.4, -0.2) is 171 Å². The van der Waals surface area contributed by atoms with E-state index in [-0.39, 0.29) is 103 Å². The number of nitrogens with zero attached hydrogens (tertiary/aromatic N) is 4. The minimum absolute atomic E-state index is 0.0237. The first kappa shape index (κ1) is 60.7. The molecule has 0 spiro atoms. The largest absolute Gasteiger partial charge is 0.465 e. The molecule has 2 aromatic heterocycles. The fraction of sp³-hybridized carbons (Fsp3) is 0.625. The van der Waals surface area contributed by atoms with Crippen molar-refractivity contribution in [3.8, 4) is 11.4 Å². The summed E-state index contributed by atoms with van der Waals surface area (Å²) < 4.78 is 41.3. The molecule has 78 heavy (non-hydrogen) atoms. The van der Waals surface area contributed by atoms with Crippen LogP contribution in [0.3, 0.4) is 0 Å². The number of esters is 3. The van der Waals surface area contributed by atoms with Crippen LogP contribution in [0.4, 0.5) is 4.79 Å². The second kappa shape index (κ2) is 26.9. The number of amides is 4. The third-order valence-corrected chi connectivity index (χ3v) is 13.7. The summed E-state index contributed by atoms with van der Waals surface area (Å²) in [6, 6.07) is 5.62. The fourth-order valence-electron chi connectivity index (χ4n) is 9.82. The number of carbonyl (C=O) groups is 7. The van der Waals surface area contributed by atoms with Crippen LogP contribution >= 0.6 is 0 Å². The van der Waals surface area contributed by atoms with Crippen molar-refractivity contribution >= 4 is 52.6 Å². The zero-order valence-electron chi connectivity index (χ0n) is 47.0. The zero-order chi connectivity index (χ0) is 57.0. The molecule has 22 heteroatoms. The molecule has 4 atom stereocenters. The number of nitrogens with one attached hydrogen (secondary N) is 3. The molecule has 4 amide bonds. The van der Waals surface area contributed by atoms with Gasteiger partial charge in [0.15, 0.2) is 0 Å². The number of aromatic nitrogens is 2. The number of rotatable bonds is 27. The van der Waals surface area contributed by atoms with Gasteiger partial charge in [-0.1, -0.05) is 45.9 Å². The highest BCUT2D eigenvalue weighted by molar-refractivity contribution is 5.96.